The van der Waals surface area contributed by atoms with Gasteiger partial charge in [-0.05, 0) is 104 Å². The molecule has 3 aromatic carbocycles. The Hall–Kier alpha value is -11.6. The number of carboxylic acid groups (broad SMARTS) is 1. The predicted octanol–water partition coefficient (Wildman–Crippen LogP) is -2.85. The monoisotopic (exact) mass is 1590 g/mol. The van der Waals surface area contributed by atoms with Crippen LogP contribution in [0.5, 0.6) is 5.75 Å². The third-order valence-electron chi connectivity index (χ3n) is 19.9. The van der Waals surface area contributed by atoms with Crippen molar-refractivity contribution in [2.75, 3.05) is 39.4 Å². The number of aliphatic hydroxyl groups excluding tert-OH is 2. The van der Waals surface area contributed by atoms with Crippen LogP contribution in [0.25, 0.3) is 10.9 Å². The summed E-state index contributed by atoms with van der Waals surface area (Å²) in [7, 11) is 0. The zero-order valence-corrected chi connectivity index (χ0v) is 65.1. The van der Waals surface area contributed by atoms with Crippen LogP contribution in [-0.4, -0.2) is 235 Å². The first-order chi connectivity index (χ1) is 54.4. The van der Waals surface area contributed by atoms with Gasteiger partial charge in [-0.2, -0.15) is 0 Å². The molecule has 1 saturated heterocycles. The van der Waals surface area contributed by atoms with Gasteiger partial charge in [0.2, 0.25) is 70.9 Å². The number of nitrogens with one attached hydrogen (secondary N) is 13. The largest absolute Gasteiger partial charge is 0.508 e. The summed E-state index contributed by atoms with van der Waals surface area (Å²) in [6.07, 6.45) is 5.62. The number of unbranched alkanes of at least 4 members (excludes halogenated alkanes) is 1. The minimum atomic E-state index is -1.82. The van der Waals surface area contributed by atoms with Crippen molar-refractivity contribution in [2.45, 2.75) is 198 Å². The van der Waals surface area contributed by atoms with E-state index in [1.54, 1.807) is 102 Å². The summed E-state index contributed by atoms with van der Waals surface area (Å²) in [4.78, 5) is 199. The van der Waals surface area contributed by atoms with Gasteiger partial charge in [-0.15, -0.1) is 0 Å². The maximum atomic E-state index is 15.1. The van der Waals surface area contributed by atoms with Crippen molar-refractivity contribution in [1.82, 2.24) is 78.3 Å². The molecule has 0 radical (unpaired) electrons. The molecular weight excluding hydrogens is 1480 g/mol. The molecule has 37 nitrogen and oxygen atoms in total. The molecule has 6 rings (SSSR count). The summed E-state index contributed by atoms with van der Waals surface area (Å²) in [6.45, 7) is 8.00. The van der Waals surface area contributed by atoms with E-state index in [2.05, 4.69) is 78.4 Å². The molecule has 0 spiro atoms. The van der Waals surface area contributed by atoms with Crippen molar-refractivity contribution < 1.29 is 82.8 Å². The molecule has 5 aromatic rings. The average Bonchev–Trinajstić information content (AvgIpc) is 1.66. The lowest BCUT2D eigenvalue weighted by atomic mass is 9.94. The number of aliphatic imine (C=N–C) groups is 1. The van der Waals surface area contributed by atoms with Gasteiger partial charge in [0.15, 0.2) is 5.96 Å². The van der Waals surface area contributed by atoms with Crippen molar-refractivity contribution in [3.05, 3.63) is 120 Å². The number of nitrogens with two attached hydrogens (primary N) is 4. The van der Waals surface area contributed by atoms with Crippen molar-refractivity contribution >= 4 is 93.7 Å². The molecule has 622 valence electrons. The van der Waals surface area contributed by atoms with Crippen LogP contribution in [0.1, 0.15) is 122 Å². The Labute approximate surface area is 660 Å². The number of hydrogen-bond acceptors (Lipinski definition) is 20. The summed E-state index contributed by atoms with van der Waals surface area (Å²) in [5.74, 6) is -13.8. The number of H-pyrrole nitrogens is 2. The maximum absolute atomic E-state index is 15.1. The Morgan fingerprint density at radius 1 is 0.570 bits per heavy atom. The number of rotatable bonds is 47. The molecule has 2 aromatic heterocycles. The zero-order valence-electron chi connectivity index (χ0n) is 65.1. The van der Waals surface area contributed by atoms with Crippen LogP contribution in [0.4, 0.5) is 0 Å². The number of aliphatic carboxylic acids is 1. The topological polar surface area (TPSA) is 599 Å². The van der Waals surface area contributed by atoms with E-state index >= 15 is 14.4 Å². The van der Waals surface area contributed by atoms with Gasteiger partial charge in [0.05, 0.1) is 32.1 Å². The molecule has 37 heteroatoms. The average molecular weight is 1590 g/mol. The number of para-hydroxylation sites is 1. The highest BCUT2D eigenvalue weighted by molar-refractivity contribution is 6.00. The Kier molecular flexibility index (Phi) is 36.7. The number of carboxylic acids is 1. The first kappa shape index (κ1) is 91.3. The molecule has 0 unspecified atom stereocenters. The van der Waals surface area contributed by atoms with Crippen molar-refractivity contribution in [3.8, 4) is 5.75 Å². The Balaban J connectivity index is 1.21. The fourth-order valence-electron chi connectivity index (χ4n) is 12.7. The number of hydrogen-bond donors (Lipinski definition) is 21. The van der Waals surface area contributed by atoms with E-state index in [4.69, 9.17) is 22.9 Å². The zero-order chi connectivity index (χ0) is 83.7. The van der Waals surface area contributed by atoms with Gasteiger partial charge in [0, 0.05) is 67.8 Å². The SMILES string of the molecule is CC[C@H](C)[C@H](NC(=O)[C@H](CO)NC(=O)[C@H](Cc1cnc[nH]1)NC(=O)[C@H](Cc1ccccc1)NC(=O)[C@H](CCCN=C(N)N)NC(=O)[C@H](Cc1c[nH]c2ccccc12)NC(=O)CNC(=O)[C@H](CCCCN)NC(=O)[C@@H]1CCCN1C(=O)[C@@H](N)C(C)C)C(=O)N[C@H](C(=O)N[C@@H](CO)C(=O)N[C@@H](Cc1ccc(O)cc1)C(=O)O)[C@@H](C)CC. The summed E-state index contributed by atoms with van der Waals surface area (Å²) in [6, 6.07) is 4.09. The first-order valence-electron chi connectivity index (χ1n) is 38.3. The van der Waals surface area contributed by atoms with Gasteiger partial charge in [-0.1, -0.05) is 115 Å². The van der Waals surface area contributed by atoms with Crippen LogP contribution in [-0.2, 0) is 88.0 Å². The van der Waals surface area contributed by atoms with Gasteiger partial charge in [-0.25, -0.2) is 9.78 Å². The Bertz CT molecular complexity index is 4070. The fourth-order valence-corrected chi connectivity index (χ4v) is 12.7. The molecule has 1 aliphatic rings. The summed E-state index contributed by atoms with van der Waals surface area (Å²) in [5, 5.41) is 70.0. The van der Waals surface area contributed by atoms with E-state index in [-0.39, 0.29) is 82.0 Å². The summed E-state index contributed by atoms with van der Waals surface area (Å²) >= 11 is 0. The first-order valence-corrected chi connectivity index (χ1v) is 38.3. The highest BCUT2D eigenvalue weighted by Gasteiger charge is 2.41. The number of aromatic hydroxyl groups is 1. The lowest BCUT2D eigenvalue weighted by Crippen LogP contribution is -2.63. The number of aromatic amines is 2. The van der Waals surface area contributed by atoms with Crippen LogP contribution in [0.2, 0.25) is 0 Å². The van der Waals surface area contributed by atoms with E-state index in [0.29, 0.717) is 72.1 Å². The second-order valence-corrected chi connectivity index (χ2v) is 28.8. The number of guanidine groups is 1. The number of benzene rings is 3. The quantitative estimate of drug-likeness (QED) is 0.0106. The van der Waals surface area contributed by atoms with Crippen LogP contribution in [0, 0.1) is 17.8 Å². The van der Waals surface area contributed by atoms with E-state index in [0.717, 1.165) is 0 Å². The number of aliphatic hydroxyl groups is 2. The molecule has 0 saturated carbocycles. The van der Waals surface area contributed by atoms with E-state index in [1.165, 1.54) is 41.7 Å². The van der Waals surface area contributed by atoms with Crippen molar-refractivity contribution in [2.24, 2.45) is 45.7 Å². The van der Waals surface area contributed by atoms with Crippen LogP contribution in [0.3, 0.4) is 0 Å². The Morgan fingerprint density at radius 2 is 1.08 bits per heavy atom. The number of carbonyl (C=O) groups is 13. The highest BCUT2D eigenvalue weighted by Crippen LogP contribution is 2.23. The molecular formula is C77H112N20O17. The third-order valence-corrected chi connectivity index (χ3v) is 19.9. The van der Waals surface area contributed by atoms with Crippen LogP contribution in [0.15, 0.2) is 103 Å². The number of nitrogens with zero attached hydrogens (tertiary/aromatic N) is 3. The second-order valence-electron chi connectivity index (χ2n) is 28.8. The molecule has 1 fully saturated rings. The minimum Gasteiger partial charge on any atom is -0.508 e. The molecule has 1 aliphatic heterocycles. The molecule has 0 aliphatic carbocycles. The van der Waals surface area contributed by atoms with E-state index in [1.807, 2.05) is 0 Å². The molecule has 114 heavy (non-hydrogen) atoms. The number of aromatic nitrogens is 3. The number of phenols is 1. The predicted molar refractivity (Wildman–Crippen MR) is 420 cm³/mol. The highest BCUT2D eigenvalue weighted by atomic mass is 16.4. The summed E-state index contributed by atoms with van der Waals surface area (Å²) < 4.78 is 0. The standard InChI is InChI=1S/C77H112N20O17/c1-7-43(5)63(73(110)94-58(39-98)70(107)92-57(76(113)114)33-46-25-27-49(100)28-26-46)96-74(111)64(44(6)8-2)95-71(108)59(40-99)93-69(106)56(35-48-37-82-41-86-48)91-67(104)54(32-45-18-10-9-11-19-45)90-66(103)53(23-16-30-83-77(80)81)88-68(105)55(34-47-36-84-51-21-13-12-20-50(47)51)87-61(101)38-85-65(102)52(22-14-15-29-78)89-72(109)60-24-17-31-97(60)75(112)62(79)42(3)4/h9-13,18-21,25-28,36-37,41-44,52-60,62-64,84,98-100H,7-8,14-17,22-24,29-35,38-40,78-79H2,1-6H3,(H,82,86)(H,85,102)(H,87,101)(H,88,105)(H,89,109)(H,90,103)(H,91,104)(H,92,107)(H,93,106)(H,94,110)(H,95,108)(H,96,111)(H,113,114)(H4,80,81,83)/t43-,44-,52-,53-,54-,55-,56-,57-,58-,59-,60-,62-,63-,64-/m0/s1. The van der Waals surface area contributed by atoms with Crippen LogP contribution >= 0.6 is 0 Å². The van der Waals surface area contributed by atoms with E-state index in [9.17, 15) is 68.4 Å². The van der Waals surface area contributed by atoms with Gasteiger partial charge >= 0.3 is 5.97 Å². The number of imidazole rings is 1. The Morgan fingerprint density at radius 3 is 1.67 bits per heavy atom. The van der Waals surface area contributed by atoms with Crippen LogP contribution < -0.4 is 81.4 Å². The lowest BCUT2D eigenvalue weighted by Gasteiger charge is -2.31. The van der Waals surface area contributed by atoms with Gasteiger partial charge < -0.3 is 117 Å². The van der Waals surface area contributed by atoms with Crippen molar-refractivity contribution in [3.63, 3.8) is 0 Å². The maximum Gasteiger partial charge on any atom is 0.326 e. The molecule has 25 N–H and O–H groups in total. The number of phenolic OH excluding ortho intramolecular Hbond substituents is 1. The van der Waals surface area contributed by atoms with Gasteiger partial charge in [-0.3, -0.25) is 62.5 Å². The second kappa shape index (κ2) is 45.8. The van der Waals surface area contributed by atoms with Gasteiger partial charge in [0.1, 0.15) is 72.2 Å². The smallest absolute Gasteiger partial charge is 0.326 e. The number of fused-ring (bicyclic) bond motifs is 1. The third kappa shape index (κ3) is 28.0. The molecule has 3 heterocycles. The van der Waals surface area contributed by atoms with E-state index < -0.39 is 181 Å². The number of carbonyl (C=O) groups excluding carboxylic acids is 12. The van der Waals surface area contributed by atoms with Gasteiger partial charge in [0.25, 0.3) is 0 Å². The molecule has 12 amide bonds. The molecule has 14 atom stereocenters. The summed E-state index contributed by atoms with van der Waals surface area (Å²) in [5.41, 5.74) is 25.8. The molecule has 0 bridgehead atoms. The number of likely N-dealkylation sites (tertiary alicyclic amines) is 1. The lowest BCUT2D eigenvalue weighted by molar-refractivity contribution is -0.142. The van der Waals surface area contributed by atoms with Crippen molar-refractivity contribution in [1.29, 1.82) is 0 Å². The number of amides is 12. The normalized spacial score (nSPS) is 16.0. The minimum absolute atomic E-state index is 0.0381. The fraction of sp³-hybridized carbons (Fsp3) is 0.519.